The number of amides is 2. The Bertz CT molecular complexity index is 691. The van der Waals surface area contributed by atoms with Crippen molar-refractivity contribution in [3.8, 4) is 17.2 Å². The predicted molar refractivity (Wildman–Crippen MR) is 89.4 cm³/mol. The van der Waals surface area contributed by atoms with Gasteiger partial charge in [-0.05, 0) is 29.8 Å². The summed E-state index contributed by atoms with van der Waals surface area (Å²) >= 11 is 0. The average Bonchev–Trinajstić information content (AvgIpc) is 3.08. The molecule has 0 atom stereocenters. The second kappa shape index (κ2) is 7.59. The molecule has 0 aromatic heterocycles. The molecular weight excluding hydrogens is 308 g/mol. The van der Waals surface area contributed by atoms with E-state index in [2.05, 4.69) is 5.32 Å². The molecule has 2 aromatic rings. The first-order chi connectivity index (χ1) is 11.7. The van der Waals surface area contributed by atoms with Crippen molar-refractivity contribution >= 4 is 6.03 Å². The smallest absolute Gasteiger partial charge is 0.317 e. The normalized spacial score (nSPS) is 11.9. The van der Waals surface area contributed by atoms with Crippen molar-refractivity contribution in [1.82, 2.24) is 10.2 Å². The number of rotatable bonds is 6. The molecule has 2 aromatic carbocycles. The number of nitrogens with zero attached hydrogens (tertiary/aromatic N) is 1. The minimum Gasteiger partial charge on any atom is -0.492 e. The largest absolute Gasteiger partial charge is 0.492 e. The fraction of sp³-hybridized carbons (Fsp3) is 0.278. The maximum Gasteiger partial charge on any atom is 0.317 e. The molecule has 1 aliphatic heterocycles. The maximum atomic E-state index is 12.1. The molecule has 126 valence electrons. The molecule has 1 N–H and O–H groups in total. The highest BCUT2D eigenvalue weighted by molar-refractivity contribution is 5.73. The molecule has 0 spiro atoms. The second-order valence-electron chi connectivity index (χ2n) is 5.43. The lowest BCUT2D eigenvalue weighted by atomic mass is 10.2. The van der Waals surface area contributed by atoms with Crippen LogP contribution in [0.4, 0.5) is 4.79 Å². The number of hydrogen-bond donors (Lipinski definition) is 1. The van der Waals surface area contributed by atoms with Crippen LogP contribution in [0.25, 0.3) is 0 Å². The van der Waals surface area contributed by atoms with Crippen LogP contribution in [-0.4, -0.2) is 37.9 Å². The van der Waals surface area contributed by atoms with Crippen molar-refractivity contribution in [3.05, 3.63) is 54.1 Å². The molecule has 1 heterocycles. The van der Waals surface area contributed by atoms with Crippen molar-refractivity contribution in [2.24, 2.45) is 0 Å². The van der Waals surface area contributed by atoms with Crippen LogP contribution in [0.2, 0.25) is 0 Å². The Morgan fingerprint density at radius 3 is 2.79 bits per heavy atom. The van der Waals surface area contributed by atoms with E-state index < -0.39 is 0 Å². The third-order valence-electron chi connectivity index (χ3n) is 3.67. The lowest BCUT2D eigenvalue weighted by Gasteiger charge is -2.18. The summed E-state index contributed by atoms with van der Waals surface area (Å²) in [5, 5.41) is 2.87. The zero-order valence-electron chi connectivity index (χ0n) is 13.5. The Kier molecular flexibility index (Phi) is 5.05. The van der Waals surface area contributed by atoms with Crippen molar-refractivity contribution in [3.63, 3.8) is 0 Å². The summed E-state index contributed by atoms with van der Waals surface area (Å²) in [6, 6.07) is 15.0. The molecule has 6 nitrogen and oxygen atoms in total. The molecule has 1 aliphatic rings. The van der Waals surface area contributed by atoms with E-state index in [1.54, 1.807) is 11.9 Å². The Balaban J connectivity index is 1.41. The summed E-state index contributed by atoms with van der Waals surface area (Å²) in [5.74, 6) is 2.25. The Morgan fingerprint density at radius 1 is 1.17 bits per heavy atom. The van der Waals surface area contributed by atoms with Gasteiger partial charge in [0.15, 0.2) is 11.5 Å². The van der Waals surface area contributed by atoms with E-state index >= 15 is 0 Å². The molecular formula is C18H20N2O4. The van der Waals surface area contributed by atoms with Gasteiger partial charge in [-0.25, -0.2) is 4.79 Å². The number of fused-ring (bicyclic) bond motifs is 1. The topological polar surface area (TPSA) is 60.0 Å². The van der Waals surface area contributed by atoms with Crippen LogP contribution in [0, 0.1) is 0 Å². The molecule has 0 radical (unpaired) electrons. The third-order valence-corrected chi connectivity index (χ3v) is 3.67. The Hall–Kier alpha value is -2.89. The highest BCUT2D eigenvalue weighted by Gasteiger charge is 2.14. The Morgan fingerprint density at radius 2 is 1.96 bits per heavy atom. The first-order valence-electron chi connectivity index (χ1n) is 7.78. The predicted octanol–water partition coefficient (Wildman–Crippen LogP) is 2.64. The van der Waals surface area contributed by atoms with Crippen LogP contribution in [0.1, 0.15) is 5.56 Å². The van der Waals surface area contributed by atoms with Crippen LogP contribution < -0.4 is 19.5 Å². The second-order valence-corrected chi connectivity index (χ2v) is 5.43. The molecule has 6 heteroatoms. The fourth-order valence-corrected chi connectivity index (χ4v) is 2.28. The standard InChI is InChI=1S/C18H20N2O4/c1-20(9-10-22-15-5-3-2-4-6-15)18(21)19-12-14-7-8-16-17(11-14)24-13-23-16/h2-8,11H,9-10,12-13H2,1H3,(H,19,21). The van der Waals surface area contributed by atoms with E-state index in [0.29, 0.717) is 25.4 Å². The first-order valence-corrected chi connectivity index (χ1v) is 7.78. The summed E-state index contributed by atoms with van der Waals surface area (Å²) in [7, 11) is 1.74. The number of likely N-dealkylation sites (N-methyl/N-ethyl adjacent to an activating group) is 1. The van der Waals surface area contributed by atoms with Gasteiger partial charge in [0, 0.05) is 13.6 Å². The highest BCUT2D eigenvalue weighted by Crippen LogP contribution is 2.32. The fourth-order valence-electron chi connectivity index (χ4n) is 2.28. The van der Waals surface area contributed by atoms with E-state index in [0.717, 1.165) is 17.1 Å². The quantitative estimate of drug-likeness (QED) is 0.885. The van der Waals surface area contributed by atoms with Gasteiger partial charge in [-0.1, -0.05) is 24.3 Å². The van der Waals surface area contributed by atoms with Crippen LogP contribution >= 0.6 is 0 Å². The summed E-state index contributed by atoms with van der Waals surface area (Å²) in [6.45, 7) is 1.62. The number of ether oxygens (including phenoxy) is 3. The summed E-state index contributed by atoms with van der Waals surface area (Å²) in [4.78, 5) is 13.7. The van der Waals surface area contributed by atoms with E-state index in [1.807, 2.05) is 48.5 Å². The monoisotopic (exact) mass is 328 g/mol. The average molecular weight is 328 g/mol. The summed E-state index contributed by atoms with van der Waals surface area (Å²) in [5.41, 5.74) is 0.960. The number of hydrogen-bond acceptors (Lipinski definition) is 4. The molecule has 0 saturated carbocycles. The van der Waals surface area contributed by atoms with Crippen LogP contribution in [0.15, 0.2) is 48.5 Å². The molecule has 2 amide bonds. The van der Waals surface area contributed by atoms with Gasteiger partial charge < -0.3 is 24.4 Å². The van der Waals surface area contributed by atoms with Crippen LogP contribution in [0.5, 0.6) is 17.2 Å². The minimum absolute atomic E-state index is 0.149. The van der Waals surface area contributed by atoms with Crippen molar-refractivity contribution in [1.29, 1.82) is 0 Å². The number of carbonyl (C=O) groups is 1. The van der Waals surface area contributed by atoms with E-state index in [-0.39, 0.29) is 12.8 Å². The molecule has 0 saturated heterocycles. The van der Waals surface area contributed by atoms with Crippen molar-refractivity contribution < 1.29 is 19.0 Å². The van der Waals surface area contributed by atoms with Gasteiger partial charge in [0.05, 0.1) is 6.54 Å². The number of carbonyl (C=O) groups excluding carboxylic acids is 1. The van der Waals surface area contributed by atoms with Crippen molar-refractivity contribution in [2.45, 2.75) is 6.54 Å². The molecule has 24 heavy (non-hydrogen) atoms. The lowest BCUT2D eigenvalue weighted by molar-refractivity contribution is 0.174. The third kappa shape index (κ3) is 4.10. The van der Waals surface area contributed by atoms with Gasteiger partial charge >= 0.3 is 6.03 Å². The summed E-state index contributed by atoms with van der Waals surface area (Å²) in [6.07, 6.45) is 0. The summed E-state index contributed by atoms with van der Waals surface area (Å²) < 4.78 is 16.2. The number of benzene rings is 2. The van der Waals surface area contributed by atoms with Gasteiger partial charge in [0.2, 0.25) is 6.79 Å². The SMILES string of the molecule is CN(CCOc1ccccc1)C(=O)NCc1ccc2c(c1)OCO2. The number of urea groups is 1. The van der Waals surface area contributed by atoms with Gasteiger partial charge in [-0.2, -0.15) is 0 Å². The van der Waals surface area contributed by atoms with Crippen LogP contribution in [-0.2, 0) is 6.54 Å². The van der Waals surface area contributed by atoms with Crippen molar-refractivity contribution in [2.75, 3.05) is 27.0 Å². The van der Waals surface area contributed by atoms with Gasteiger partial charge in [0.25, 0.3) is 0 Å². The van der Waals surface area contributed by atoms with Crippen LogP contribution in [0.3, 0.4) is 0 Å². The van der Waals surface area contributed by atoms with Gasteiger partial charge in [0.1, 0.15) is 12.4 Å². The maximum absolute atomic E-state index is 12.1. The first kappa shape index (κ1) is 16.0. The molecule has 0 unspecified atom stereocenters. The molecule has 3 rings (SSSR count). The molecule has 0 bridgehead atoms. The van der Waals surface area contributed by atoms with E-state index in [1.165, 1.54) is 0 Å². The van der Waals surface area contributed by atoms with E-state index in [9.17, 15) is 4.79 Å². The number of para-hydroxylation sites is 1. The molecule has 0 fully saturated rings. The zero-order valence-corrected chi connectivity index (χ0v) is 13.5. The molecule has 0 aliphatic carbocycles. The van der Waals surface area contributed by atoms with E-state index in [4.69, 9.17) is 14.2 Å². The van der Waals surface area contributed by atoms with Gasteiger partial charge in [-0.3, -0.25) is 0 Å². The lowest BCUT2D eigenvalue weighted by Crippen LogP contribution is -2.39. The number of nitrogens with one attached hydrogen (secondary N) is 1. The zero-order chi connectivity index (χ0) is 16.8. The Labute approximate surface area is 140 Å². The highest BCUT2D eigenvalue weighted by atomic mass is 16.7. The van der Waals surface area contributed by atoms with Gasteiger partial charge in [-0.15, -0.1) is 0 Å². The minimum atomic E-state index is -0.149.